The van der Waals surface area contributed by atoms with Crippen molar-refractivity contribution < 1.29 is 8.42 Å². The summed E-state index contributed by atoms with van der Waals surface area (Å²) in [4.78, 5) is 0.306. The molecule has 2 rings (SSSR count). The van der Waals surface area contributed by atoms with Crippen molar-refractivity contribution in [2.75, 3.05) is 6.54 Å². The number of benzene rings is 2. The SMILES string of the molecule is Cc1ccc(S(=O)(=O)NCC/C=C\c2ccccc2C)cc1. The minimum atomic E-state index is -3.41. The van der Waals surface area contributed by atoms with Crippen LogP contribution in [0.1, 0.15) is 23.1 Å². The van der Waals surface area contributed by atoms with Gasteiger partial charge in [0.05, 0.1) is 4.90 Å². The van der Waals surface area contributed by atoms with E-state index >= 15 is 0 Å². The number of nitrogens with one attached hydrogen (secondary N) is 1. The fraction of sp³-hybridized carbons (Fsp3) is 0.222. The summed E-state index contributed by atoms with van der Waals surface area (Å²) in [5, 5.41) is 0. The molecule has 0 spiro atoms. The van der Waals surface area contributed by atoms with Crippen molar-refractivity contribution in [1.29, 1.82) is 0 Å². The summed E-state index contributed by atoms with van der Waals surface area (Å²) in [5.74, 6) is 0. The Morgan fingerprint density at radius 1 is 1.00 bits per heavy atom. The van der Waals surface area contributed by atoms with Gasteiger partial charge >= 0.3 is 0 Å². The van der Waals surface area contributed by atoms with Crippen molar-refractivity contribution >= 4 is 16.1 Å². The second-order valence-corrected chi connectivity index (χ2v) is 7.03. The average Bonchev–Trinajstić information content (AvgIpc) is 2.49. The van der Waals surface area contributed by atoms with Crippen LogP contribution < -0.4 is 4.72 Å². The molecule has 0 saturated heterocycles. The van der Waals surface area contributed by atoms with Crippen LogP contribution in [0, 0.1) is 13.8 Å². The molecule has 0 aromatic heterocycles. The van der Waals surface area contributed by atoms with Crippen molar-refractivity contribution in [2.45, 2.75) is 25.2 Å². The van der Waals surface area contributed by atoms with E-state index in [-0.39, 0.29) is 0 Å². The van der Waals surface area contributed by atoms with Crippen LogP contribution in [-0.4, -0.2) is 15.0 Å². The molecule has 0 unspecified atom stereocenters. The minimum absolute atomic E-state index is 0.306. The lowest BCUT2D eigenvalue weighted by Gasteiger charge is -2.05. The van der Waals surface area contributed by atoms with Gasteiger partial charge in [-0.3, -0.25) is 0 Å². The minimum Gasteiger partial charge on any atom is -0.211 e. The van der Waals surface area contributed by atoms with Gasteiger partial charge in [-0.25, -0.2) is 13.1 Å². The maximum absolute atomic E-state index is 12.1. The lowest BCUT2D eigenvalue weighted by Crippen LogP contribution is -2.24. The fourth-order valence-electron chi connectivity index (χ4n) is 2.06. The molecule has 0 bridgehead atoms. The molecule has 0 saturated carbocycles. The normalized spacial score (nSPS) is 11.9. The van der Waals surface area contributed by atoms with Gasteiger partial charge in [0, 0.05) is 6.54 Å². The van der Waals surface area contributed by atoms with Crippen molar-refractivity contribution in [3.63, 3.8) is 0 Å². The van der Waals surface area contributed by atoms with E-state index in [0.29, 0.717) is 17.9 Å². The Hall–Kier alpha value is -1.91. The number of aryl methyl sites for hydroxylation is 2. The molecule has 0 amide bonds. The van der Waals surface area contributed by atoms with Crippen LogP contribution in [0.15, 0.2) is 59.5 Å². The second-order valence-electron chi connectivity index (χ2n) is 5.26. The van der Waals surface area contributed by atoms with Crippen LogP contribution in [-0.2, 0) is 10.0 Å². The van der Waals surface area contributed by atoms with E-state index in [9.17, 15) is 8.42 Å². The molecule has 3 nitrogen and oxygen atoms in total. The van der Waals surface area contributed by atoms with Crippen LogP contribution in [0.4, 0.5) is 0 Å². The number of rotatable bonds is 6. The summed E-state index contributed by atoms with van der Waals surface area (Å²) < 4.78 is 26.8. The first kappa shape index (κ1) is 16.5. The fourth-order valence-corrected chi connectivity index (χ4v) is 3.11. The van der Waals surface area contributed by atoms with Gasteiger partial charge in [-0.05, 0) is 43.5 Å². The Bertz CT molecular complexity index is 747. The number of hydrogen-bond acceptors (Lipinski definition) is 2. The Morgan fingerprint density at radius 3 is 2.36 bits per heavy atom. The maximum atomic E-state index is 12.1. The molecule has 22 heavy (non-hydrogen) atoms. The highest BCUT2D eigenvalue weighted by atomic mass is 32.2. The molecule has 0 aliphatic carbocycles. The van der Waals surface area contributed by atoms with E-state index in [1.54, 1.807) is 24.3 Å². The molecule has 0 aliphatic rings. The third kappa shape index (κ3) is 4.55. The lowest BCUT2D eigenvalue weighted by atomic mass is 10.1. The van der Waals surface area contributed by atoms with Crippen molar-refractivity contribution in [3.8, 4) is 0 Å². The van der Waals surface area contributed by atoms with E-state index in [2.05, 4.69) is 17.7 Å². The van der Waals surface area contributed by atoms with E-state index in [1.165, 1.54) is 5.56 Å². The predicted octanol–water partition coefficient (Wildman–Crippen LogP) is 3.69. The van der Waals surface area contributed by atoms with E-state index in [4.69, 9.17) is 0 Å². The van der Waals surface area contributed by atoms with Gasteiger partial charge in [0.1, 0.15) is 0 Å². The molecular formula is C18H21NO2S. The molecule has 0 radical (unpaired) electrons. The van der Waals surface area contributed by atoms with E-state index in [0.717, 1.165) is 11.1 Å². The second kappa shape index (κ2) is 7.38. The molecule has 1 N–H and O–H groups in total. The molecule has 4 heteroatoms. The summed E-state index contributed by atoms with van der Waals surface area (Å²) in [6.45, 7) is 4.37. The van der Waals surface area contributed by atoms with Crippen molar-refractivity contribution in [3.05, 3.63) is 71.3 Å². The highest BCUT2D eigenvalue weighted by molar-refractivity contribution is 7.89. The Morgan fingerprint density at radius 2 is 1.68 bits per heavy atom. The Kier molecular flexibility index (Phi) is 5.52. The van der Waals surface area contributed by atoms with Crippen LogP contribution in [0.5, 0.6) is 0 Å². The maximum Gasteiger partial charge on any atom is 0.240 e. The molecule has 2 aromatic rings. The molecular weight excluding hydrogens is 294 g/mol. The summed E-state index contributed by atoms with van der Waals surface area (Å²) in [5.41, 5.74) is 3.41. The standard InChI is InChI=1S/C18H21NO2S/c1-15-10-12-18(13-11-15)22(20,21)19-14-6-5-9-17-8-4-3-7-16(17)2/h3-5,7-13,19H,6,14H2,1-2H3/b9-5-. The van der Waals surface area contributed by atoms with Gasteiger partial charge in [-0.1, -0.05) is 54.1 Å². The largest absolute Gasteiger partial charge is 0.240 e. The van der Waals surface area contributed by atoms with Gasteiger partial charge in [-0.15, -0.1) is 0 Å². The number of hydrogen-bond donors (Lipinski definition) is 1. The first-order valence-electron chi connectivity index (χ1n) is 7.27. The van der Waals surface area contributed by atoms with Crippen LogP contribution in [0.3, 0.4) is 0 Å². The molecule has 0 heterocycles. The zero-order valence-electron chi connectivity index (χ0n) is 12.9. The van der Waals surface area contributed by atoms with Crippen molar-refractivity contribution in [1.82, 2.24) is 4.72 Å². The van der Waals surface area contributed by atoms with E-state index in [1.807, 2.05) is 37.3 Å². The smallest absolute Gasteiger partial charge is 0.211 e. The first-order valence-corrected chi connectivity index (χ1v) is 8.76. The Balaban J connectivity index is 1.88. The highest BCUT2D eigenvalue weighted by Gasteiger charge is 2.11. The van der Waals surface area contributed by atoms with Gasteiger partial charge in [-0.2, -0.15) is 0 Å². The van der Waals surface area contributed by atoms with Gasteiger partial charge < -0.3 is 0 Å². The van der Waals surface area contributed by atoms with Gasteiger partial charge in [0.15, 0.2) is 0 Å². The first-order chi connectivity index (χ1) is 10.5. The van der Waals surface area contributed by atoms with Gasteiger partial charge in [0.25, 0.3) is 0 Å². The van der Waals surface area contributed by atoms with E-state index < -0.39 is 10.0 Å². The molecule has 2 aromatic carbocycles. The van der Waals surface area contributed by atoms with Gasteiger partial charge in [0.2, 0.25) is 10.0 Å². The van der Waals surface area contributed by atoms with Crippen LogP contribution in [0.25, 0.3) is 6.08 Å². The molecule has 0 aliphatic heterocycles. The number of sulfonamides is 1. The average molecular weight is 315 g/mol. The van der Waals surface area contributed by atoms with Crippen LogP contribution in [0.2, 0.25) is 0 Å². The zero-order valence-corrected chi connectivity index (χ0v) is 13.7. The molecule has 0 fully saturated rings. The lowest BCUT2D eigenvalue weighted by molar-refractivity contribution is 0.582. The molecule has 0 atom stereocenters. The highest BCUT2D eigenvalue weighted by Crippen LogP contribution is 2.11. The van der Waals surface area contributed by atoms with Crippen LogP contribution >= 0.6 is 0 Å². The summed E-state index contributed by atoms with van der Waals surface area (Å²) >= 11 is 0. The monoisotopic (exact) mass is 315 g/mol. The summed E-state index contributed by atoms with van der Waals surface area (Å²) in [7, 11) is -3.41. The summed E-state index contributed by atoms with van der Waals surface area (Å²) in [6, 6.07) is 14.9. The zero-order chi connectivity index (χ0) is 16.0. The Labute approximate surface area is 132 Å². The third-order valence-corrected chi connectivity index (χ3v) is 4.90. The third-order valence-electron chi connectivity index (χ3n) is 3.42. The molecule has 116 valence electrons. The topological polar surface area (TPSA) is 46.2 Å². The van der Waals surface area contributed by atoms with Crippen molar-refractivity contribution in [2.24, 2.45) is 0 Å². The quantitative estimate of drug-likeness (QED) is 0.827. The predicted molar refractivity (Wildman–Crippen MR) is 91.2 cm³/mol. The summed E-state index contributed by atoms with van der Waals surface area (Å²) in [6.07, 6.45) is 4.66.